The fourth-order valence-electron chi connectivity index (χ4n) is 1.52. The number of hydrogen-bond donors (Lipinski definition) is 1. The molecule has 0 saturated heterocycles. The molecule has 3 nitrogen and oxygen atoms in total. The smallest absolute Gasteiger partial charge is 0.323 e. The maximum Gasteiger partial charge on any atom is 0.323 e. The standard InChI is InChI=1S/C14H20FNO2/c1-9-5-6-10(11(15)7-9)8-12(16)13(17)18-14(2,3)4/h5-7,12H,8,16H2,1-4H3/t12-/m0/s1. The van der Waals surface area contributed by atoms with Crippen LogP contribution in [0.15, 0.2) is 18.2 Å². The predicted octanol–water partition coefficient (Wildman–Crippen LogP) is 2.35. The van der Waals surface area contributed by atoms with Gasteiger partial charge >= 0.3 is 5.97 Å². The van der Waals surface area contributed by atoms with Crippen molar-refractivity contribution < 1.29 is 13.9 Å². The lowest BCUT2D eigenvalue weighted by atomic mass is 10.0. The highest BCUT2D eigenvalue weighted by Gasteiger charge is 2.23. The number of nitrogens with two attached hydrogens (primary N) is 1. The molecule has 1 aromatic rings. The molecule has 0 aromatic heterocycles. The van der Waals surface area contributed by atoms with Gasteiger partial charge in [-0.2, -0.15) is 0 Å². The molecule has 0 unspecified atom stereocenters. The first-order chi connectivity index (χ1) is 8.19. The SMILES string of the molecule is Cc1ccc(C[C@H](N)C(=O)OC(C)(C)C)c(F)c1. The summed E-state index contributed by atoms with van der Waals surface area (Å²) < 4.78 is 18.8. The second-order valence-corrected chi connectivity index (χ2v) is 5.44. The summed E-state index contributed by atoms with van der Waals surface area (Å²) >= 11 is 0. The number of rotatable bonds is 3. The van der Waals surface area contributed by atoms with Gasteiger partial charge in [0.25, 0.3) is 0 Å². The zero-order valence-electron chi connectivity index (χ0n) is 11.3. The molecule has 0 spiro atoms. The van der Waals surface area contributed by atoms with E-state index in [0.29, 0.717) is 5.56 Å². The molecular weight excluding hydrogens is 233 g/mol. The Bertz CT molecular complexity index is 438. The lowest BCUT2D eigenvalue weighted by Gasteiger charge is -2.22. The van der Waals surface area contributed by atoms with Gasteiger partial charge in [-0.1, -0.05) is 12.1 Å². The fraction of sp³-hybridized carbons (Fsp3) is 0.500. The van der Waals surface area contributed by atoms with Crippen LogP contribution < -0.4 is 5.73 Å². The molecule has 0 saturated carbocycles. The Hall–Kier alpha value is -1.42. The molecule has 0 amide bonds. The topological polar surface area (TPSA) is 52.3 Å². The van der Waals surface area contributed by atoms with Gasteiger partial charge in [-0.3, -0.25) is 4.79 Å². The fourth-order valence-corrected chi connectivity index (χ4v) is 1.52. The highest BCUT2D eigenvalue weighted by Crippen LogP contribution is 2.14. The van der Waals surface area contributed by atoms with E-state index in [1.54, 1.807) is 39.8 Å². The van der Waals surface area contributed by atoms with Crippen LogP contribution in [-0.4, -0.2) is 17.6 Å². The van der Waals surface area contributed by atoms with E-state index >= 15 is 0 Å². The highest BCUT2D eigenvalue weighted by atomic mass is 19.1. The monoisotopic (exact) mass is 253 g/mol. The summed E-state index contributed by atoms with van der Waals surface area (Å²) in [5.41, 5.74) is 6.40. The van der Waals surface area contributed by atoms with E-state index in [9.17, 15) is 9.18 Å². The predicted molar refractivity (Wildman–Crippen MR) is 68.7 cm³/mol. The largest absolute Gasteiger partial charge is 0.459 e. The maximum atomic E-state index is 13.6. The van der Waals surface area contributed by atoms with Crippen molar-refractivity contribution in [3.63, 3.8) is 0 Å². The minimum atomic E-state index is -0.846. The van der Waals surface area contributed by atoms with Crippen molar-refractivity contribution in [2.75, 3.05) is 0 Å². The number of carbonyl (C=O) groups is 1. The summed E-state index contributed by atoms with van der Waals surface area (Å²) in [6.45, 7) is 7.11. The number of carbonyl (C=O) groups excluding carboxylic acids is 1. The minimum Gasteiger partial charge on any atom is -0.459 e. The van der Waals surface area contributed by atoms with E-state index in [1.807, 2.05) is 0 Å². The Morgan fingerprint density at radius 2 is 2.06 bits per heavy atom. The Morgan fingerprint density at radius 3 is 2.56 bits per heavy atom. The molecule has 0 aliphatic heterocycles. The molecule has 0 aliphatic carbocycles. The number of ether oxygens (including phenoxy) is 1. The molecule has 100 valence electrons. The van der Waals surface area contributed by atoms with Gasteiger partial charge in [-0.15, -0.1) is 0 Å². The second kappa shape index (κ2) is 5.48. The van der Waals surface area contributed by atoms with Crippen LogP contribution in [-0.2, 0) is 16.0 Å². The summed E-state index contributed by atoms with van der Waals surface area (Å²) in [5.74, 6) is -0.850. The molecule has 1 rings (SSSR count). The Labute approximate surface area is 107 Å². The van der Waals surface area contributed by atoms with Gasteiger partial charge in [0.2, 0.25) is 0 Å². The van der Waals surface area contributed by atoms with Gasteiger partial charge in [0.15, 0.2) is 0 Å². The molecule has 2 N–H and O–H groups in total. The van der Waals surface area contributed by atoms with E-state index in [1.165, 1.54) is 6.07 Å². The lowest BCUT2D eigenvalue weighted by Crippen LogP contribution is -2.39. The number of halogens is 1. The molecule has 0 radical (unpaired) electrons. The van der Waals surface area contributed by atoms with Gasteiger partial charge in [-0.05, 0) is 44.9 Å². The Kier molecular flexibility index (Phi) is 4.46. The van der Waals surface area contributed by atoms with Crippen molar-refractivity contribution in [3.8, 4) is 0 Å². The molecule has 4 heteroatoms. The lowest BCUT2D eigenvalue weighted by molar-refractivity contribution is -0.156. The number of aryl methyl sites for hydroxylation is 1. The second-order valence-electron chi connectivity index (χ2n) is 5.44. The first-order valence-electron chi connectivity index (χ1n) is 5.92. The van der Waals surface area contributed by atoms with Gasteiger partial charge < -0.3 is 10.5 Å². The third-order valence-corrected chi connectivity index (χ3v) is 2.36. The average Bonchev–Trinajstić information content (AvgIpc) is 2.19. The van der Waals surface area contributed by atoms with E-state index in [2.05, 4.69) is 0 Å². The normalized spacial score (nSPS) is 13.2. The van der Waals surface area contributed by atoms with Crippen LogP contribution in [0, 0.1) is 12.7 Å². The van der Waals surface area contributed by atoms with Gasteiger partial charge in [-0.25, -0.2) is 4.39 Å². The molecule has 1 aromatic carbocycles. The zero-order valence-corrected chi connectivity index (χ0v) is 11.3. The first kappa shape index (κ1) is 14.6. The van der Waals surface area contributed by atoms with Crippen LogP contribution in [0.2, 0.25) is 0 Å². The van der Waals surface area contributed by atoms with Crippen molar-refractivity contribution >= 4 is 5.97 Å². The van der Waals surface area contributed by atoms with E-state index in [-0.39, 0.29) is 12.2 Å². The maximum absolute atomic E-state index is 13.6. The van der Waals surface area contributed by atoms with Crippen molar-refractivity contribution in [3.05, 3.63) is 35.1 Å². The van der Waals surface area contributed by atoms with Crippen LogP contribution in [0.1, 0.15) is 31.9 Å². The minimum absolute atomic E-state index is 0.140. The van der Waals surface area contributed by atoms with E-state index in [4.69, 9.17) is 10.5 Å². The summed E-state index contributed by atoms with van der Waals surface area (Å²) in [5, 5.41) is 0. The molecular formula is C14H20FNO2. The summed E-state index contributed by atoms with van der Waals surface area (Å²) in [6.07, 6.45) is 0.140. The molecule has 0 aliphatic rings. The molecule has 0 bridgehead atoms. The Morgan fingerprint density at radius 1 is 1.44 bits per heavy atom. The quantitative estimate of drug-likeness (QED) is 0.841. The Balaban J connectivity index is 2.69. The van der Waals surface area contributed by atoms with E-state index in [0.717, 1.165) is 5.56 Å². The number of hydrogen-bond acceptors (Lipinski definition) is 3. The van der Waals surface area contributed by atoms with Gasteiger partial charge in [0.1, 0.15) is 17.5 Å². The van der Waals surface area contributed by atoms with Crippen LogP contribution in [0.3, 0.4) is 0 Å². The average molecular weight is 253 g/mol. The summed E-state index contributed by atoms with van der Waals surface area (Å²) in [7, 11) is 0. The van der Waals surface area contributed by atoms with Crippen molar-refractivity contribution in [1.82, 2.24) is 0 Å². The van der Waals surface area contributed by atoms with E-state index < -0.39 is 17.6 Å². The van der Waals surface area contributed by atoms with Crippen LogP contribution in [0.5, 0.6) is 0 Å². The van der Waals surface area contributed by atoms with Crippen LogP contribution in [0.25, 0.3) is 0 Å². The highest BCUT2D eigenvalue weighted by molar-refractivity contribution is 5.76. The molecule has 18 heavy (non-hydrogen) atoms. The zero-order chi connectivity index (χ0) is 13.9. The molecule has 0 fully saturated rings. The van der Waals surface area contributed by atoms with Crippen molar-refractivity contribution in [2.24, 2.45) is 5.73 Å². The number of benzene rings is 1. The number of esters is 1. The van der Waals surface area contributed by atoms with Crippen molar-refractivity contribution in [2.45, 2.75) is 45.8 Å². The summed E-state index contributed by atoms with van der Waals surface area (Å²) in [6, 6.07) is 4.02. The van der Waals surface area contributed by atoms with Crippen LogP contribution in [0.4, 0.5) is 4.39 Å². The molecule has 1 atom stereocenters. The first-order valence-corrected chi connectivity index (χ1v) is 5.92. The molecule has 0 heterocycles. The van der Waals surface area contributed by atoms with Gasteiger partial charge in [0.05, 0.1) is 0 Å². The third kappa shape index (κ3) is 4.45. The summed E-state index contributed by atoms with van der Waals surface area (Å²) in [4.78, 5) is 11.7. The van der Waals surface area contributed by atoms with Gasteiger partial charge in [0, 0.05) is 6.42 Å². The third-order valence-electron chi connectivity index (χ3n) is 2.36. The van der Waals surface area contributed by atoms with Crippen molar-refractivity contribution in [1.29, 1.82) is 0 Å². The van der Waals surface area contributed by atoms with Crippen LogP contribution >= 0.6 is 0 Å².